The Hall–Kier alpha value is -3.60. The molecule has 0 saturated carbocycles. The monoisotopic (exact) mass is 472 g/mol. The van der Waals surface area contributed by atoms with Crippen molar-refractivity contribution in [1.29, 1.82) is 0 Å². The average molecular weight is 473 g/mol. The van der Waals surface area contributed by atoms with Crippen LogP contribution in [0.15, 0.2) is 79.1 Å². The Balaban J connectivity index is 1.59. The highest BCUT2D eigenvalue weighted by Crippen LogP contribution is 2.27. The second-order valence-corrected chi connectivity index (χ2v) is 8.54. The number of rotatable bonds is 13. The second-order valence-electron chi connectivity index (χ2n) is 8.54. The summed E-state index contributed by atoms with van der Waals surface area (Å²) >= 11 is 0. The van der Waals surface area contributed by atoms with Gasteiger partial charge in [-0.2, -0.15) is 0 Å². The predicted octanol–water partition coefficient (Wildman–Crippen LogP) is 6.23. The van der Waals surface area contributed by atoms with E-state index in [1.54, 1.807) is 20.4 Å². The summed E-state index contributed by atoms with van der Waals surface area (Å²) in [5.41, 5.74) is 4.49. The molecule has 1 heterocycles. The average Bonchev–Trinajstić information content (AvgIpc) is 2.91. The molecule has 1 N–H and O–H groups in total. The zero-order chi connectivity index (χ0) is 24.9. The van der Waals surface area contributed by atoms with Gasteiger partial charge in [-0.25, -0.2) is 0 Å². The van der Waals surface area contributed by atoms with Crippen LogP contribution in [0, 0.1) is 0 Å². The minimum Gasteiger partial charge on any atom is -0.497 e. The highest BCUT2D eigenvalue weighted by Gasteiger charge is 2.11. The van der Waals surface area contributed by atoms with Gasteiger partial charge < -0.3 is 14.8 Å². The molecule has 0 spiro atoms. The summed E-state index contributed by atoms with van der Waals surface area (Å²) in [4.78, 5) is 16.9. The molecule has 5 nitrogen and oxygen atoms in total. The summed E-state index contributed by atoms with van der Waals surface area (Å²) in [6.07, 6.45) is 10.9. The van der Waals surface area contributed by atoms with E-state index in [9.17, 15) is 4.79 Å². The summed E-state index contributed by atoms with van der Waals surface area (Å²) < 4.78 is 10.6. The fraction of sp³-hybridized carbons (Fsp3) is 0.333. The highest BCUT2D eigenvalue weighted by molar-refractivity contribution is 5.81. The molecule has 0 aliphatic heterocycles. The van der Waals surface area contributed by atoms with E-state index in [0.29, 0.717) is 12.8 Å². The van der Waals surface area contributed by atoms with Crippen LogP contribution < -0.4 is 14.8 Å². The zero-order valence-electron chi connectivity index (χ0n) is 21.0. The van der Waals surface area contributed by atoms with Crippen LogP contribution in [-0.2, 0) is 11.2 Å². The van der Waals surface area contributed by atoms with Crippen LogP contribution in [0.25, 0.3) is 5.57 Å². The van der Waals surface area contributed by atoms with E-state index < -0.39 is 0 Å². The van der Waals surface area contributed by atoms with E-state index in [4.69, 9.17) is 9.47 Å². The molecule has 1 aromatic heterocycles. The molecule has 2 aromatic carbocycles. The molecular weight excluding hydrogens is 436 g/mol. The number of methoxy groups -OCH3 is 2. The minimum absolute atomic E-state index is 0.0956. The van der Waals surface area contributed by atoms with Crippen LogP contribution in [0.3, 0.4) is 0 Å². The van der Waals surface area contributed by atoms with Gasteiger partial charge in [0.05, 0.1) is 14.2 Å². The van der Waals surface area contributed by atoms with E-state index in [2.05, 4.69) is 29.4 Å². The molecule has 0 bridgehead atoms. The van der Waals surface area contributed by atoms with Gasteiger partial charge in [-0.05, 0) is 84.7 Å². The fourth-order valence-electron chi connectivity index (χ4n) is 4.07. The molecule has 0 aliphatic carbocycles. The van der Waals surface area contributed by atoms with E-state index in [1.807, 2.05) is 60.8 Å². The number of carbonyl (C=O) groups is 1. The molecule has 0 aliphatic rings. The van der Waals surface area contributed by atoms with Crippen molar-refractivity contribution in [3.05, 3.63) is 95.8 Å². The van der Waals surface area contributed by atoms with Gasteiger partial charge in [0, 0.05) is 24.9 Å². The number of amides is 1. The molecule has 1 atom stereocenters. The zero-order valence-corrected chi connectivity index (χ0v) is 21.0. The van der Waals surface area contributed by atoms with Crippen molar-refractivity contribution in [3.63, 3.8) is 0 Å². The SMILES string of the molecule is CCC(CCCc1cccnc1)NC(=O)CCC=C(c1ccc(OC)cc1)c1ccc(OC)cc1. The number of hydrogen-bond acceptors (Lipinski definition) is 4. The van der Waals surface area contributed by atoms with Crippen LogP contribution in [-0.4, -0.2) is 31.2 Å². The van der Waals surface area contributed by atoms with Gasteiger partial charge in [0.2, 0.25) is 5.91 Å². The molecule has 3 aromatic rings. The Morgan fingerprint density at radius 3 is 2.11 bits per heavy atom. The number of ether oxygens (including phenoxy) is 2. The topological polar surface area (TPSA) is 60.5 Å². The quantitative estimate of drug-likeness (QED) is 0.320. The van der Waals surface area contributed by atoms with Crippen molar-refractivity contribution in [2.75, 3.05) is 14.2 Å². The van der Waals surface area contributed by atoms with Crippen LogP contribution in [0.1, 0.15) is 55.7 Å². The van der Waals surface area contributed by atoms with Gasteiger partial charge >= 0.3 is 0 Å². The third-order valence-electron chi connectivity index (χ3n) is 6.12. The number of nitrogens with zero attached hydrogens (tertiary/aromatic N) is 1. The molecule has 0 fully saturated rings. The molecule has 3 rings (SSSR count). The van der Waals surface area contributed by atoms with Crippen molar-refractivity contribution in [1.82, 2.24) is 10.3 Å². The first kappa shape index (κ1) is 26.0. The van der Waals surface area contributed by atoms with Crippen molar-refractivity contribution < 1.29 is 14.3 Å². The molecule has 0 saturated heterocycles. The fourth-order valence-corrected chi connectivity index (χ4v) is 4.07. The van der Waals surface area contributed by atoms with Crippen molar-refractivity contribution >= 4 is 11.5 Å². The number of carbonyl (C=O) groups excluding carboxylic acids is 1. The predicted molar refractivity (Wildman–Crippen MR) is 142 cm³/mol. The summed E-state index contributed by atoms with van der Waals surface area (Å²) in [5.74, 6) is 1.73. The first-order chi connectivity index (χ1) is 17.1. The standard InChI is InChI=1S/C30H36N2O3/c1-4-26(10-5-8-23-9-7-21-31-22-23)32-30(33)12-6-11-29(24-13-17-27(34-2)18-14-24)25-15-19-28(35-3)20-16-25/h7,9,11,13-22,26H,4-6,8,10,12H2,1-3H3,(H,32,33). The third-order valence-corrected chi connectivity index (χ3v) is 6.12. The lowest BCUT2D eigenvalue weighted by Gasteiger charge is -2.17. The molecule has 1 unspecified atom stereocenters. The van der Waals surface area contributed by atoms with E-state index in [-0.39, 0.29) is 11.9 Å². The highest BCUT2D eigenvalue weighted by atomic mass is 16.5. The normalized spacial score (nSPS) is 11.4. The second kappa shape index (κ2) is 14.0. The Bertz CT molecular complexity index is 1010. The Kier molecular flexibility index (Phi) is 10.4. The number of aromatic nitrogens is 1. The third kappa shape index (κ3) is 8.29. The van der Waals surface area contributed by atoms with Crippen LogP contribution >= 0.6 is 0 Å². The number of aryl methyl sites for hydroxylation is 1. The van der Waals surface area contributed by atoms with Crippen molar-refractivity contribution in [2.24, 2.45) is 0 Å². The van der Waals surface area contributed by atoms with E-state index >= 15 is 0 Å². The van der Waals surface area contributed by atoms with Crippen LogP contribution in [0.4, 0.5) is 0 Å². The summed E-state index contributed by atoms with van der Waals surface area (Å²) in [6.45, 7) is 2.13. The maximum atomic E-state index is 12.7. The lowest BCUT2D eigenvalue weighted by atomic mass is 9.96. The molecule has 184 valence electrons. The van der Waals surface area contributed by atoms with E-state index in [0.717, 1.165) is 53.9 Å². The molecular formula is C30H36N2O3. The smallest absolute Gasteiger partial charge is 0.220 e. The Morgan fingerprint density at radius 2 is 1.60 bits per heavy atom. The first-order valence-corrected chi connectivity index (χ1v) is 12.3. The van der Waals surface area contributed by atoms with Gasteiger partial charge in [0.1, 0.15) is 11.5 Å². The number of benzene rings is 2. The van der Waals surface area contributed by atoms with Gasteiger partial charge in [0.25, 0.3) is 0 Å². The number of pyridine rings is 1. The van der Waals surface area contributed by atoms with Crippen LogP contribution in [0.2, 0.25) is 0 Å². The number of allylic oxidation sites excluding steroid dienone is 1. The summed E-state index contributed by atoms with van der Waals surface area (Å²) in [7, 11) is 3.33. The van der Waals surface area contributed by atoms with Gasteiger partial charge in [0.15, 0.2) is 0 Å². The Morgan fingerprint density at radius 1 is 0.971 bits per heavy atom. The van der Waals surface area contributed by atoms with Crippen LogP contribution in [0.5, 0.6) is 11.5 Å². The van der Waals surface area contributed by atoms with Gasteiger partial charge in [-0.3, -0.25) is 9.78 Å². The van der Waals surface area contributed by atoms with Gasteiger partial charge in [-0.1, -0.05) is 43.3 Å². The number of nitrogens with one attached hydrogen (secondary N) is 1. The largest absolute Gasteiger partial charge is 0.497 e. The summed E-state index contributed by atoms with van der Waals surface area (Å²) in [5, 5.41) is 3.22. The van der Waals surface area contributed by atoms with Crippen molar-refractivity contribution in [3.8, 4) is 11.5 Å². The van der Waals surface area contributed by atoms with E-state index in [1.165, 1.54) is 5.56 Å². The maximum absolute atomic E-state index is 12.7. The molecule has 0 radical (unpaired) electrons. The summed E-state index contributed by atoms with van der Waals surface area (Å²) in [6, 6.07) is 20.3. The first-order valence-electron chi connectivity index (χ1n) is 12.3. The molecule has 5 heteroatoms. The van der Waals surface area contributed by atoms with Crippen molar-refractivity contribution in [2.45, 2.75) is 51.5 Å². The van der Waals surface area contributed by atoms with Gasteiger partial charge in [-0.15, -0.1) is 0 Å². The lowest BCUT2D eigenvalue weighted by molar-refractivity contribution is -0.121. The minimum atomic E-state index is 0.0956. The lowest BCUT2D eigenvalue weighted by Crippen LogP contribution is -2.34. The molecule has 1 amide bonds. The number of hydrogen-bond donors (Lipinski definition) is 1. The maximum Gasteiger partial charge on any atom is 0.220 e. The molecule has 35 heavy (non-hydrogen) atoms. The Labute approximate surface area is 209 Å².